The van der Waals surface area contributed by atoms with Gasteiger partial charge in [-0.3, -0.25) is 0 Å². The summed E-state index contributed by atoms with van der Waals surface area (Å²) >= 11 is 0. The van der Waals surface area contributed by atoms with Crippen LogP contribution in [-0.2, 0) is 16.1 Å². The van der Waals surface area contributed by atoms with Crippen LogP contribution in [0.2, 0.25) is 0 Å². The number of aliphatic hydroxyl groups excluding tert-OH is 1. The first-order valence-electron chi connectivity index (χ1n) is 13.7. The molecule has 5 rings (SSSR count). The van der Waals surface area contributed by atoms with Crippen molar-refractivity contribution in [1.29, 1.82) is 0 Å². The maximum absolute atomic E-state index is 12.4. The number of hydrogen-bond acceptors (Lipinski definition) is 7. The highest BCUT2D eigenvalue weighted by molar-refractivity contribution is 5.70. The van der Waals surface area contributed by atoms with E-state index in [2.05, 4.69) is 21.1 Å². The molecule has 1 aliphatic carbocycles. The summed E-state index contributed by atoms with van der Waals surface area (Å²) in [6.45, 7) is 9.81. The second-order valence-electron chi connectivity index (χ2n) is 11.9. The molecule has 4 heterocycles. The molecule has 1 saturated heterocycles. The van der Waals surface area contributed by atoms with Crippen LogP contribution in [0.3, 0.4) is 0 Å². The number of aliphatic hydroxyl groups is 1. The molecule has 3 aromatic heterocycles. The summed E-state index contributed by atoms with van der Waals surface area (Å²) in [4.78, 5) is 23.1. The Kier molecular flexibility index (Phi) is 7.42. The summed E-state index contributed by atoms with van der Waals surface area (Å²) < 4.78 is 13.0. The van der Waals surface area contributed by atoms with Crippen LogP contribution in [0.25, 0.3) is 16.6 Å². The van der Waals surface area contributed by atoms with Gasteiger partial charge in [0.25, 0.3) is 0 Å². The molecule has 3 aromatic rings. The average molecular weight is 522 g/mol. The lowest BCUT2D eigenvalue weighted by molar-refractivity contribution is -0.0505. The molecular weight excluding hydrogens is 482 g/mol. The Morgan fingerprint density at radius 1 is 1.16 bits per heavy atom. The van der Waals surface area contributed by atoms with Crippen LogP contribution in [0, 0.1) is 5.41 Å². The van der Waals surface area contributed by atoms with Crippen LogP contribution in [-0.4, -0.2) is 67.1 Å². The Labute approximate surface area is 224 Å². The SMILES string of the molecule is CC[C@H](O)COCc1ncc(-c2ccn3ncc(C4CCC5(CC4)CN(C(=O)OC(C)(C)C)C5)c3c2)cn1. The quantitative estimate of drug-likeness (QED) is 0.468. The summed E-state index contributed by atoms with van der Waals surface area (Å²) in [5.74, 6) is 1.05. The minimum absolute atomic E-state index is 0.194. The van der Waals surface area contributed by atoms with Gasteiger partial charge >= 0.3 is 6.09 Å². The zero-order chi connectivity index (χ0) is 26.9. The first-order chi connectivity index (χ1) is 18.1. The van der Waals surface area contributed by atoms with Gasteiger partial charge in [-0.1, -0.05) is 6.92 Å². The molecule has 1 saturated carbocycles. The van der Waals surface area contributed by atoms with Crippen molar-refractivity contribution < 1.29 is 19.4 Å². The second kappa shape index (κ2) is 10.6. The van der Waals surface area contributed by atoms with E-state index in [1.807, 2.05) is 68.0 Å². The summed E-state index contributed by atoms with van der Waals surface area (Å²) in [6, 6.07) is 4.21. The van der Waals surface area contributed by atoms with Crippen LogP contribution >= 0.6 is 0 Å². The lowest BCUT2D eigenvalue weighted by Crippen LogP contribution is -2.60. The van der Waals surface area contributed by atoms with Crippen LogP contribution in [0.5, 0.6) is 0 Å². The Bertz CT molecular complexity index is 1250. The van der Waals surface area contributed by atoms with E-state index in [-0.39, 0.29) is 24.7 Å². The van der Waals surface area contributed by atoms with Crippen LogP contribution in [0.15, 0.2) is 36.9 Å². The first kappa shape index (κ1) is 26.6. The highest BCUT2D eigenvalue weighted by atomic mass is 16.6. The highest BCUT2D eigenvalue weighted by Crippen LogP contribution is 2.49. The van der Waals surface area contributed by atoms with Gasteiger partial charge in [0.2, 0.25) is 0 Å². The lowest BCUT2D eigenvalue weighted by Gasteiger charge is -2.53. The fraction of sp³-hybridized carbons (Fsp3) is 0.586. The highest BCUT2D eigenvalue weighted by Gasteiger charge is 2.48. The van der Waals surface area contributed by atoms with Gasteiger partial charge in [-0.25, -0.2) is 19.3 Å². The van der Waals surface area contributed by atoms with Crippen molar-refractivity contribution in [2.75, 3.05) is 19.7 Å². The molecule has 38 heavy (non-hydrogen) atoms. The predicted molar refractivity (Wildman–Crippen MR) is 144 cm³/mol. The van der Waals surface area contributed by atoms with E-state index in [0.717, 1.165) is 55.4 Å². The Hall–Kier alpha value is -3.04. The van der Waals surface area contributed by atoms with E-state index < -0.39 is 11.7 Å². The molecule has 9 nitrogen and oxygen atoms in total. The summed E-state index contributed by atoms with van der Waals surface area (Å²) in [5, 5.41) is 14.2. The number of fused-ring (bicyclic) bond motifs is 1. The third kappa shape index (κ3) is 5.83. The number of carbonyl (C=O) groups is 1. The zero-order valence-electron chi connectivity index (χ0n) is 22.9. The van der Waals surface area contributed by atoms with Gasteiger partial charge in [0.15, 0.2) is 5.82 Å². The number of rotatable bonds is 7. The van der Waals surface area contributed by atoms with E-state index in [9.17, 15) is 9.90 Å². The molecule has 1 spiro atoms. The number of pyridine rings is 1. The molecule has 2 aliphatic rings. The van der Waals surface area contributed by atoms with E-state index in [0.29, 0.717) is 18.2 Å². The maximum atomic E-state index is 12.4. The Balaban J connectivity index is 1.21. The number of aromatic nitrogens is 4. The van der Waals surface area contributed by atoms with Crippen molar-refractivity contribution in [2.24, 2.45) is 5.41 Å². The standard InChI is InChI=1S/C29H39N5O4/c1-5-23(35)16-37-17-26-30-13-22(14-31-26)21-8-11-34-25(12-21)24(15-32-34)20-6-9-29(10-7-20)18-33(19-29)27(36)38-28(2,3)4/h8,11-15,20,23,35H,5-7,9-10,16-19H2,1-4H3/t23-/m0/s1. The number of nitrogens with zero attached hydrogens (tertiary/aromatic N) is 5. The fourth-order valence-electron chi connectivity index (χ4n) is 5.55. The number of amides is 1. The van der Waals surface area contributed by atoms with Gasteiger partial charge < -0.3 is 19.5 Å². The average Bonchev–Trinajstić information content (AvgIpc) is 3.30. The van der Waals surface area contributed by atoms with Gasteiger partial charge in [-0.05, 0) is 76.5 Å². The fourth-order valence-corrected chi connectivity index (χ4v) is 5.55. The van der Waals surface area contributed by atoms with E-state index >= 15 is 0 Å². The van der Waals surface area contributed by atoms with Crippen molar-refractivity contribution in [3.05, 3.63) is 48.3 Å². The number of hydrogen-bond donors (Lipinski definition) is 1. The van der Waals surface area contributed by atoms with Crippen molar-refractivity contribution >= 4 is 11.6 Å². The largest absolute Gasteiger partial charge is 0.444 e. The predicted octanol–water partition coefficient (Wildman–Crippen LogP) is 4.97. The van der Waals surface area contributed by atoms with Crippen LogP contribution in [0.4, 0.5) is 4.79 Å². The third-order valence-corrected chi connectivity index (χ3v) is 7.79. The van der Waals surface area contributed by atoms with Crippen LogP contribution < -0.4 is 0 Å². The molecular formula is C29H39N5O4. The molecule has 0 aromatic carbocycles. The molecule has 0 bridgehead atoms. The van der Waals surface area contributed by atoms with Crippen molar-refractivity contribution in [3.8, 4) is 11.1 Å². The monoisotopic (exact) mass is 521 g/mol. The zero-order valence-corrected chi connectivity index (χ0v) is 22.9. The number of ether oxygens (including phenoxy) is 2. The molecule has 1 atom stereocenters. The second-order valence-corrected chi connectivity index (χ2v) is 11.9. The molecule has 204 valence electrons. The Morgan fingerprint density at radius 3 is 2.53 bits per heavy atom. The van der Waals surface area contributed by atoms with Gasteiger partial charge in [0.1, 0.15) is 12.2 Å². The van der Waals surface area contributed by atoms with Gasteiger partial charge in [0, 0.05) is 48.2 Å². The topological polar surface area (TPSA) is 102 Å². The third-order valence-electron chi connectivity index (χ3n) is 7.79. The van der Waals surface area contributed by atoms with Gasteiger partial charge in [-0.15, -0.1) is 0 Å². The van der Waals surface area contributed by atoms with Crippen molar-refractivity contribution in [2.45, 2.75) is 84.0 Å². The molecule has 0 radical (unpaired) electrons. The normalized spacial score (nSPS) is 18.5. The lowest BCUT2D eigenvalue weighted by atomic mass is 9.65. The molecule has 0 unspecified atom stereocenters. The van der Waals surface area contributed by atoms with Crippen molar-refractivity contribution in [1.82, 2.24) is 24.5 Å². The van der Waals surface area contributed by atoms with E-state index in [1.54, 1.807) is 0 Å². The van der Waals surface area contributed by atoms with Crippen LogP contribution in [0.1, 0.15) is 77.1 Å². The first-order valence-corrected chi connectivity index (χ1v) is 13.7. The number of likely N-dealkylation sites (tertiary alicyclic amines) is 1. The Morgan fingerprint density at radius 2 is 1.87 bits per heavy atom. The number of carbonyl (C=O) groups excluding carboxylic acids is 1. The minimum atomic E-state index is -0.457. The molecule has 9 heteroatoms. The van der Waals surface area contributed by atoms with Gasteiger partial charge in [0.05, 0.1) is 24.4 Å². The summed E-state index contributed by atoms with van der Waals surface area (Å²) in [5.41, 5.74) is 4.17. The van der Waals surface area contributed by atoms with E-state index in [1.165, 1.54) is 5.56 Å². The molecule has 1 N–H and O–H groups in total. The smallest absolute Gasteiger partial charge is 0.410 e. The summed E-state index contributed by atoms with van der Waals surface area (Å²) in [6.07, 6.45) is 12.1. The van der Waals surface area contributed by atoms with E-state index in [4.69, 9.17) is 9.47 Å². The molecule has 2 fully saturated rings. The maximum Gasteiger partial charge on any atom is 0.410 e. The molecule has 1 aliphatic heterocycles. The van der Waals surface area contributed by atoms with Gasteiger partial charge in [-0.2, -0.15) is 5.10 Å². The van der Waals surface area contributed by atoms with Crippen molar-refractivity contribution in [3.63, 3.8) is 0 Å². The summed E-state index contributed by atoms with van der Waals surface area (Å²) in [7, 11) is 0. The molecule has 1 amide bonds. The minimum Gasteiger partial charge on any atom is -0.444 e.